The van der Waals surface area contributed by atoms with Gasteiger partial charge in [-0.3, -0.25) is 4.90 Å². The molecule has 2 aliphatic rings. The molecular formula is C24H37NO2. The minimum Gasteiger partial charge on any atom is -0.493 e. The Morgan fingerprint density at radius 1 is 1.07 bits per heavy atom. The van der Waals surface area contributed by atoms with Crippen LogP contribution in [0, 0.1) is 5.92 Å². The summed E-state index contributed by atoms with van der Waals surface area (Å²) in [5, 5.41) is 0. The number of benzene rings is 1. The molecule has 27 heavy (non-hydrogen) atoms. The van der Waals surface area contributed by atoms with E-state index in [9.17, 15) is 0 Å². The van der Waals surface area contributed by atoms with Gasteiger partial charge in [-0.1, -0.05) is 44.4 Å². The minimum absolute atomic E-state index is 0.209. The molecule has 0 amide bonds. The Bertz CT molecular complexity index is 662. The summed E-state index contributed by atoms with van der Waals surface area (Å²) < 4.78 is 11.1. The Morgan fingerprint density at radius 3 is 2.41 bits per heavy atom. The fourth-order valence-electron chi connectivity index (χ4n) is 5.46. The first-order valence-corrected chi connectivity index (χ1v) is 10.7. The molecule has 0 radical (unpaired) electrons. The molecule has 1 aromatic rings. The van der Waals surface area contributed by atoms with Gasteiger partial charge >= 0.3 is 0 Å². The highest BCUT2D eigenvalue weighted by Crippen LogP contribution is 2.50. The van der Waals surface area contributed by atoms with E-state index in [1.54, 1.807) is 19.8 Å². The van der Waals surface area contributed by atoms with Crippen molar-refractivity contribution in [1.82, 2.24) is 4.90 Å². The lowest BCUT2D eigenvalue weighted by Gasteiger charge is -2.42. The average Bonchev–Trinajstić information content (AvgIpc) is 3.04. The van der Waals surface area contributed by atoms with Gasteiger partial charge in [0.15, 0.2) is 11.5 Å². The quantitative estimate of drug-likeness (QED) is 0.557. The maximum absolute atomic E-state index is 5.61. The molecule has 0 aromatic heterocycles. The third kappa shape index (κ3) is 3.76. The van der Waals surface area contributed by atoms with Gasteiger partial charge in [0.2, 0.25) is 0 Å². The second kappa shape index (κ2) is 8.68. The van der Waals surface area contributed by atoms with Gasteiger partial charge in [0, 0.05) is 11.5 Å². The zero-order chi connectivity index (χ0) is 19.4. The second-order valence-corrected chi connectivity index (χ2v) is 8.42. The van der Waals surface area contributed by atoms with E-state index in [4.69, 9.17) is 9.47 Å². The van der Waals surface area contributed by atoms with E-state index in [0.29, 0.717) is 6.04 Å². The summed E-state index contributed by atoms with van der Waals surface area (Å²) >= 11 is 0. The van der Waals surface area contributed by atoms with Crippen molar-refractivity contribution < 1.29 is 9.47 Å². The molecule has 0 N–H and O–H groups in total. The van der Waals surface area contributed by atoms with Crippen molar-refractivity contribution in [3.8, 4) is 11.5 Å². The van der Waals surface area contributed by atoms with E-state index >= 15 is 0 Å². The van der Waals surface area contributed by atoms with Gasteiger partial charge in [-0.2, -0.15) is 0 Å². The fourth-order valence-corrected chi connectivity index (χ4v) is 5.46. The normalized spacial score (nSPS) is 25.4. The van der Waals surface area contributed by atoms with Crippen molar-refractivity contribution in [2.75, 3.05) is 27.8 Å². The largest absolute Gasteiger partial charge is 0.493 e. The Balaban J connectivity index is 1.96. The number of nitrogens with zero attached hydrogens (tertiary/aromatic N) is 1. The smallest absolute Gasteiger partial charge is 0.161 e. The van der Waals surface area contributed by atoms with Crippen LogP contribution in [-0.4, -0.2) is 38.8 Å². The summed E-state index contributed by atoms with van der Waals surface area (Å²) in [6.45, 7) is 5.80. The minimum atomic E-state index is 0.209. The highest BCUT2D eigenvalue weighted by molar-refractivity contribution is 5.47. The van der Waals surface area contributed by atoms with Crippen molar-refractivity contribution in [3.63, 3.8) is 0 Å². The Hall–Kier alpha value is -1.48. The second-order valence-electron chi connectivity index (χ2n) is 8.42. The van der Waals surface area contributed by atoms with E-state index in [1.807, 2.05) is 0 Å². The van der Waals surface area contributed by atoms with Crippen LogP contribution in [0.4, 0.5) is 0 Å². The van der Waals surface area contributed by atoms with Crippen LogP contribution in [0.2, 0.25) is 0 Å². The van der Waals surface area contributed by atoms with Crippen molar-refractivity contribution in [3.05, 3.63) is 35.4 Å². The number of rotatable bonds is 8. The van der Waals surface area contributed by atoms with Gasteiger partial charge in [-0.15, -0.1) is 0 Å². The predicted molar refractivity (Wildman–Crippen MR) is 113 cm³/mol. The van der Waals surface area contributed by atoms with E-state index in [1.165, 1.54) is 50.5 Å². The molecule has 3 rings (SSSR count). The molecule has 1 aromatic carbocycles. The topological polar surface area (TPSA) is 21.7 Å². The number of likely N-dealkylation sites (tertiary alicyclic amines) is 1. The number of likely N-dealkylation sites (N-methyl/N-ethyl adjacent to an activating group) is 1. The summed E-state index contributed by atoms with van der Waals surface area (Å²) in [4.78, 5) is 2.56. The van der Waals surface area contributed by atoms with Crippen LogP contribution < -0.4 is 9.47 Å². The molecule has 3 heteroatoms. The Labute approximate surface area is 165 Å². The van der Waals surface area contributed by atoms with E-state index in [-0.39, 0.29) is 5.41 Å². The summed E-state index contributed by atoms with van der Waals surface area (Å²) in [7, 11) is 5.73. The molecule has 2 atom stereocenters. The number of ether oxygens (including phenoxy) is 2. The van der Waals surface area contributed by atoms with Crippen LogP contribution in [-0.2, 0) is 5.41 Å². The molecule has 1 aliphatic heterocycles. The van der Waals surface area contributed by atoms with Crippen LogP contribution in [0.3, 0.4) is 0 Å². The third-order valence-electron chi connectivity index (χ3n) is 6.94. The first-order valence-electron chi connectivity index (χ1n) is 10.7. The van der Waals surface area contributed by atoms with Crippen molar-refractivity contribution in [1.29, 1.82) is 0 Å². The molecule has 0 spiro atoms. The van der Waals surface area contributed by atoms with Crippen LogP contribution in [0.25, 0.3) is 0 Å². The summed E-state index contributed by atoms with van der Waals surface area (Å²) in [6, 6.07) is 7.06. The maximum atomic E-state index is 5.61. The molecule has 0 bridgehead atoms. The molecule has 1 aliphatic carbocycles. The van der Waals surface area contributed by atoms with Crippen LogP contribution in [0.1, 0.15) is 64.4 Å². The number of fused-ring (bicyclic) bond motifs is 1. The number of hydrogen-bond acceptors (Lipinski definition) is 3. The monoisotopic (exact) mass is 371 g/mol. The van der Waals surface area contributed by atoms with Crippen molar-refractivity contribution in [2.24, 2.45) is 5.92 Å². The highest BCUT2D eigenvalue weighted by atomic mass is 16.5. The zero-order valence-corrected chi connectivity index (χ0v) is 17.9. The van der Waals surface area contributed by atoms with E-state index in [2.05, 4.69) is 50.1 Å². The predicted octanol–water partition coefficient (Wildman–Crippen LogP) is 5.58. The first kappa shape index (κ1) is 20.3. The van der Waals surface area contributed by atoms with Gasteiger partial charge in [0.05, 0.1) is 14.2 Å². The third-order valence-corrected chi connectivity index (χ3v) is 6.94. The van der Waals surface area contributed by atoms with E-state index in [0.717, 1.165) is 24.0 Å². The molecule has 0 saturated carbocycles. The fraction of sp³-hybridized carbons (Fsp3) is 0.667. The standard InChI is InChI=1S/C24H37NO2/c1-6-8-18(9-7-2)19-12-13-24(14-15-25(3)23(24)16-19)20-10-11-21(26-4)22(17-20)27-5/h10-11,16-18,23H,6-9,12-15H2,1-5H3/t23-,24-/m0/s1. The number of allylic oxidation sites excluding steroid dienone is 1. The van der Waals surface area contributed by atoms with Crippen LogP contribution in [0.5, 0.6) is 11.5 Å². The lowest BCUT2D eigenvalue weighted by molar-refractivity contribution is 0.258. The molecule has 3 nitrogen and oxygen atoms in total. The van der Waals surface area contributed by atoms with Crippen molar-refractivity contribution in [2.45, 2.75) is 70.3 Å². The van der Waals surface area contributed by atoms with Gasteiger partial charge in [-0.25, -0.2) is 0 Å². The van der Waals surface area contributed by atoms with Crippen LogP contribution in [0.15, 0.2) is 29.8 Å². The maximum Gasteiger partial charge on any atom is 0.161 e. The van der Waals surface area contributed by atoms with Gasteiger partial charge < -0.3 is 9.47 Å². The van der Waals surface area contributed by atoms with Gasteiger partial charge in [-0.05, 0) is 69.3 Å². The molecule has 1 fully saturated rings. The summed E-state index contributed by atoms with van der Waals surface area (Å²) in [5.41, 5.74) is 3.33. The van der Waals surface area contributed by atoms with E-state index < -0.39 is 0 Å². The molecule has 1 saturated heterocycles. The highest BCUT2D eigenvalue weighted by Gasteiger charge is 2.48. The Morgan fingerprint density at radius 2 is 1.78 bits per heavy atom. The van der Waals surface area contributed by atoms with Gasteiger partial charge in [0.1, 0.15) is 0 Å². The summed E-state index contributed by atoms with van der Waals surface area (Å²) in [6.07, 6.45) is 11.6. The molecular weight excluding hydrogens is 334 g/mol. The lowest BCUT2D eigenvalue weighted by Crippen LogP contribution is -2.42. The van der Waals surface area contributed by atoms with Crippen molar-refractivity contribution >= 4 is 0 Å². The SMILES string of the molecule is CCCC(CCC)C1=C[C@@H]2N(C)CC[C@]2(c2ccc(OC)c(OC)c2)CC1. The number of hydrogen-bond donors (Lipinski definition) is 0. The van der Waals surface area contributed by atoms with Crippen LogP contribution >= 0.6 is 0 Å². The molecule has 1 heterocycles. The molecule has 0 unspecified atom stereocenters. The number of methoxy groups -OCH3 is 2. The zero-order valence-electron chi connectivity index (χ0n) is 17.9. The first-order chi connectivity index (χ1) is 13.1. The summed E-state index contributed by atoms with van der Waals surface area (Å²) in [5.74, 6) is 2.44. The van der Waals surface area contributed by atoms with Gasteiger partial charge in [0.25, 0.3) is 0 Å². The lowest BCUT2D eigenvalue weighted by atomic mass is 9.65. The Kier molecular flexibility index (Phi) is 6.52. The molecule has 150 valence electrons. The average molecular weight is 372 g/mol.